The van der Waals surface area contributed by atoms with Gasteiger partial charge < -0.3 is 15.7 Å². The summed E-state index contributed by atoms with van der Waals surface area (Å²) in [6.07, 6.45) is 3.85. The van der Waals surface area contributed by atoms with Crippen LogP contribution in [0, 0.1) is 0 Å². The first kappa shape index (κ1) is 13.6. The topological polar surface area (TPSA) is 74.7 Å². The van der Waals surface area contributed by atoms with E-state index in [0.29, 0.717) is 18.9 Å². The highest BCUT2D eigenvalue weighted by molar-refractivity contribution is 5.97. The van der Waals surface area contributed by atoms with E-state index in [-0.39, 0.29) is 6.61 Å². The number of fused-ring (bicyclic) bond motifs is 1. The van der Waals surface area contributed by atoms with Crippen molar-refractivity contribution in [3.63, 3.8) is 0 Å². The summed E-state index contributed by atoms with van der Waals surface area (Å²) >= 11 is 0. The Morgan fingerprint density at radius 3 is 2.90 bits per heavy atom. The van der Waals surface area contributed by atoms with Crippen LogP contribution in [-0.4, -0.2) is 43.0 Å². The summed E-state index contributed by atoms with van der Waals surface area (Å²) in [4.78, 5) is 10.6. The van der Waals surface area contributed by atoms with Gasteiger partial charge in [-0.3, -0.25) is 4.99 Å². The molecule has 0 atom stereocenters. The normalized spacial score (nSPS) is 13.7. The summed E-state index contributed by atoms with van der Waals surface area (Å²) in [5.41, 5.74) is 10.1. The lowest BCUT2D eigenvalue weighted by atomic mass is 10.0. The average Bonchev–Trinajstić information content (AvgIpc) is 3.00. The molecule has 3 N–H and O–H groups in total. The predicted molar refractivity (Wildman–Crippen MR) is 87.8 cm³/mol. The molecule has 21 heavy (non-hydrogen) atoms. The molecule has 0 aliphatic carbocycles. The van der Waals surface area contributed by atoms with Gasteiger partial charge in [-0.15, -0.1) is 0 Å². The molecule has 0 fully saturated rings. The molecule has 1 aromatic heterocycles. The number of allylic oxidation sites excluding steroid dienone is 1. The Bertz CT molecular complexity index is 736. The quantitative estimate of drug-likeness (QED) is 0.895. The summed E-state index contributed by atoms with van der Waals surface area (Å²) in [7, 11) is 1.94. The molecule has 2 heterocycles. The van der Waals surface area contributed by atoms with E-state index >= 15 is 0 Å². The Hall–Kier alpha value is -2.40. The maximum Gasteiger partial charge on any atom is 0.126 e. The van der Waals surface area contributed by atoms with Crippen LogP contribution >= 0.6 is 0 Å². The molecule has 0 saturated carbocycles. The highest BCUT2D eigenvalue weighted by Crippen LogP contribution is 2.29. The van der Waals surface area contributed by atoms with E-state index in [9.17, 15) is 0 Å². The van der Waals surface area contributed by atoms with Crippen LogP contribution in [0.25, 0.3) is 16.5 Å². The number of likely N-dealkylation sites (N-methyl/N-ethyl adjacent to an activating group) is 1. The second kappa shape index (κ2) is 5.54. The lowest BCUT2D eigenvalue weighted by Gasteiger charge is -2.20. The molecule has 0 amide bonds. The number of aliphatic hydroxyl groups is 1. The largest absolute Gasteiger partial charge is 0.395 e. The van der Waals surface area contributed by atoms with Crippen LogP contribution in [0.5, 0.6) is 0 Å². The SMILES string of the molecule is CN(CCO)c1cc(N)nc2cc(C3=CC=NC3)ccc12. The second-order valence-corrected chi connectivity index (χ2v) is 5.13. The van der Waals surface area contributed by atoms with Crippen LogP contribution in [0.4, 0.5) is 11.5 Å². The number of nitrogen functional groups attached to an aromatic ring is 1. The van der Waals surface area contributed by atoms with Gasteiger partial charge in [0.1, 0.15) is 5.82 Å². The molecule has 1 aliphatic heterocycles. The van der Waals surface area contributed by atoms with E-state index in [0.717, 1.165) is 22.2 Å². The number of aliphatic imine (C=N–C) groups is 1. The average molecular weight is 282 g/mol. The van der Waals surface area contributed by atoms with Crippen molar-refractivity contribution in [2.24, 2.45) is 4.99 Å². The summed E-state index contributed by atoms with van der Waals surface area (Å²) in [6, 6.07) is 8.02. The minimum atomic E-state index is 0.0997. The number of nitrogens with two attached hydrogens (primary N) is 1. The summed E-state index contributed by atoms with van der Waals surface area (Å²) in [5, 5.41) is 10.1. The zero-order valence-corrected chi connectivity index (χ0v) is 12.0. The molecular weight excluding hydrogens is 264 g/mol. The molecule has 1 aromatic carbocycles. The number of nitrogens with zero attached hydrogens (tertiary/aromatic N) is 3. The van der Waals surface area contributed by atoms with E-state index in [2.05, 4.69) is 22.1 Å². The molecule has 5 heteroatoms. The number of hydrogen-bond acceptors (Lipinski definition) is 5. The number of aromatic nitrogens is 1. The third-order valence-electron chi connectivity index (χ3n) is 3.67. The van der Waals surface area contributed by atoms with E-state index in [1.807, 2.05) is 36.4 Å². The molecule has 1 aliphatic rings. The second-order valence-electron chi connectivity index (χ2n) is 5.13. The van der Waals surface area contributed by atoms with Crippen LogP contribution < -0.4 is 10.6 Å². The maximum atomic E-state index is 9.12. The number of benzene rings is 1. The van der Waals surface area contributed by atoms with Gasteiger partial charge in [0.15, 0.2) is 0 Å². The Balaban J connectivity index is 2.09. The molecule has 0 bridgehead atoms. The molecule has 0 radical (unpaired) electrons. The number of anilines is 2. The minimum absolute atomic E-state index is 0.0997. The van der Waals surface area contributed by atoms with Gasteiger partial charge in [-0.05, 0) is 23.3 Å². The van der Waals surface area contributed by atoms with Crippen LogP contribution in [-0.2, 0) is 0 Å². The first-order chi connectivity index (χ1) is 10.2. The van der Waals surface area contributed by atoms with E-state index < -0.39 is 0 Å². The number of pyridine rings is 1. The fourth-order valence-electron chi connectivity index (χ4n) is 2.55. The lowest BCUT2D eigenvalue weighted by molar-refractivity contribution is 0.304. The Morgan fingerprint density at radius 1 is 1.33 bits per heavy atom. The Morgan fingerprint density at radius 2 is 2.19 bits per heavy atom. The first-order valence-corrected chi connectivity index (χ1v) is 6.90. The lowest BCUT2D eigenvalue weighted by Crippen LogP contribution is -2.21. The van der Waals surface area contributed by atoms with Crippen molar-refractivity contribution in [1.82, 2.24) is 4.98 Å². The third-order valence-corrected chi connectivity index (χ3v) is 3.67. The molecule has 0 spiro atoms. The molecule has 3 rings (SSSR count). The number of aliphatic hydroxyl groups excluding tert-OH is 1. The molecule has 5 nitrogen and oxygen atoms in total. The minimum Gasteiger partial charge on any atom is -0.395 e. The van der Waals surface area contributed by atoms with Gasteiger partial charge in [0.25, 0.3) is 0 Å². The summed E-state index contributed by atoms with van der Waals surface area (Å²) < 4.78 is 0. The van der Waals surface area contributed by atoms with Gasteiger partial charge in [0.2, 0.25) is 0 Å². The van der Waals surface area contributed by atoms with Crippen LogP contribution in [0.1, 0.15) is 5.56 Å². The van der Waals surface area contributed by atoms with Crippen molar-refractivity contribution in [3.05, 3.63) is 35.9 Å². The fraction of sp³-hybridized carbons (Fsp3) is 0.250. The molecule has 0 unspecified atom stereocenters. The van der Waals surface area contributed by atoms with Crippen LogP contribution in [0.2, 0.25) is 0 Å². The Labute approximate surface area is 123 Å². The van der Waals surface area contributed by atoms with Gasteiger partial charge in [-0.25, -0.2) is 4.98 Å². The van der Waals surface area contributed by atoms with Gasteiger partial charge in [-0.2, -0.15) is 0 Å². The van der Waals surface area contributed by atoms with Crippen molar-refractivity contribution in [1.29, 1.82) is 0 Å². The van der Waals surface area contributed by atoms with Gasteiger partial charge in [0, 0.05) is 36.9 Å². The maximum absolute atomic E-state index is 9.12. The third kappa shape index (κ3) is 2.60. The Kier molecular flexibility index (Phi) is 3.58. The number of rotatable bonds is 4. The molecular formula is C16H18N4O. The van der Waals surface area contributed by atoms with Crippen LogP contribution in [0.3, 0.4) is 0 Å². The predicted octanol–water partition coefficient (Wildman–Crippen LogP) is 1.71. The molecule has 2 aromatic rings. The van der Waals surface area contributed by atoms with E-state index in [1.165, 1.54) is 5.57 Å². The van der Waals surface area contributed by atoms with E-state index in [4.69, 9.17) is 10.8 Å². The molecule has 108 valence electrons. The highest BCUT2D eigenvalue weighted by Gasteiger charge is 2.11. The van der Waals surface area contributed by atoms with Crippen molar-refractivity contribution < 1.29 is 5.11 Å². The van der Waals surface area contributed by atoms with Gasteiger partial charge in [0.05, 0.1) is 18.7 Å². The smallest absolute Gasteiger partial charge is 0.126 e. The summed E-state index contributed by atoms with van der Waals surface area (Å²) in [6.45, 7) is 1.37. The zero-order valence-electron chi connectivity index (χ0n) is 12.0. The van der Waals surface area contributed by atoms with Gasteiger partial charge >= 0.3 is 0 Å². The summed E-state index contributed by atoms with van der Waals surface area (Å²) in [5.74, 6) is 0.482. The van der Waals surface area contributed by atoms with E-state index in [1.54, 1.807) is 0 Å². The fourth-order valence-corrected chi connectivity index (χ4v) is 2.55. The van der Waals surface area contributed by atoms with Crippen molar-refractivity contribution in [3.8, 4) is 0 Å². The highest BCUT2D eigenvalue weighted by atomic mass is 16.3. The molecule has 0 saturated heterocycles. The van der Waals surface area contributed by atoms with Crippen molar-refractivity contribution >= 4 is 34.2 Å². The first-order valence-electron chi connectivity index (χ1n) is 6.90. The van der Waals surface area contributed by atoms with Gasteiger partial charge in [-0.1, -0.05) is 12.1 Å². The standard InChI is InChI=1S/C16H18N4O/c1-20(6-7-21)15-9-16(17)19-14-8-11(2-3-13(14)15)12-4-5-18-10-12/h2-5,8-9,21H,6-7,10H2,1H3,(H2,17,19). The monoisotopic (exact) mass is 282 g/mol. The number of hydrogen-bond donors (Lipinski definition) is 2. The van der Waals surface area contributed by atoms with Crippen molar-refractivity contribution in [2.45, 2.75) is 0 Å². The zero-order chi connectivity index (χ0) is 14.8. The van der Waals surface area contributed by atoms with Crippen LogP contribution in [0.15, 0.2) is 35.3 Å². The van der Waals surface area contributed by atoms with Crippen molar-refractivity contribution in [2.75, 3.05) is 37.4 Å².